The van der Waals surface area contributed by atoms with Crippen molar-refractivity contribution < 1.29 is 23.4 Å². The van der Waals surface area contributed by atoms with Gasteiger partial charge in [0.2, 0.25) is 5.89 Å². The molecular weight excluding hydrogens is 647 g/mol. The summed E-state index contributed by atoms with van der Waals surface area (Å²) in [6.07, 6.45) is 6.22. The molecule has 1 aliphatic heterocycles. The lowest BCUT2D eigenvalue weighted by molar-refractivity contribution is 0.0591. The van der Waals surface area contributed by atoms with Crippen LogP contribution in [0.1, 0.15) is 56.7 Å². The Morgan fingerprint density at radius 3 is 2.80 bits per heavy atom. The molecule has 2 aromatic carbocycles. The summed E-state index contributed by atoms with van der Waals surface area (Å²) in [4.78, 5) is 25.5. The van der Waals surface area contributed by atoms with E-state index in [0.717, 1.165) is 33.4 Å². The molecule has 0 radical (unpaired) electrons. The van der Waals surface area contributed by atoms with Crippen molar-refractivity contribution in [1.29, 1.82) is 5.26 Å². The predicted octanol–water partition coefficient (Wildman–Crippen LogP) is 5.06. The monoisotopic (exact) mass is 684 g/mol. The molecule has 0 saturated carbocycles. The van der Waals surface area contributed by atoms with Gasteiger partial charge in [0.05, 0.1) is 24.2 Å². The van der Waals surface area contributed by atoms with Gasteiger partial charge in [-0.3, -0.25) is 14.7 Å². The van der Waals surface area contributed by atoms with Gasteiger partial charge < -0.3 is 24.9 Å². The van der Waals surface area contributed by atoms with Crippen LogP contribution in [0.25, 0.3) is 16.7 Å². The molecule has 1 saturated heterocycles. The van der Waals surface area contributed by atoms with E-state index in [1.54, 1.807) is 31.5 Å². The summed E-state index contributed by atoms with van der Waals surface area (Å²) in [7, 11) is 1.57. The molecule has 0 spiro atoms. The summed E-state index contributed by atoms with van der Waals surface area (Å²) in [5.41, 5.74) is 4.63. The average molecular weight is 685 g/mol. The molecule has 3 heterocycles. The Balaban J connectivity index is 1.41. The summed E-state index contributed by atoms with van der Waals surface area (Å²) >= 11 is 7.40. The van der Waals surface area contributed by atoms with E-state index in [-0.39, 0.29) is 42.0 Å². The summed E-state index contributed by atoms with van der Waals surface area (Å²) in [5, 5.41) is 24.9. The molecule has 254 valence electrons. The number of aliphatic hydroxyl groups excluding tert-OH is 1. The van der Waals surface area contributed by atoms with Gasteiger partial charge in [-0.15, -0.1) is 11.6 Å². The quantitative estimate of drug-likeness (QED) is 0.175. The van der Waals surface area contributed by atoms with Crippen LogP contribution in [-0.4, -0.2) is 70.3 Å². The number of carbonyl (C=O) groups excluding carboxylic acids is 1. The highest BCUT2D eigenvalue weighted by atomic mass is 35.5. The third-order valence-electron chi connectivity index (χ3n) is 8.96. The molecule has 4 aromatic rings. The third kappa shape index (κ3) is 7.02. The number of aromatic nitrogens is 2. The number of alkyl halides is 2. The number of hydrogen-bond acceptors (Lipinski definition) is 9. The second-order valence-corrected chi connectivity index (χ2v) is 13.1. The number of nitriles is 1. The topological polar surface area (TPSA) is 137 Å². The van der Waals surface area contributed by atoms with E-state index < -0.39 is 23.0 Å². The van der Waals surface area contributed by atoms with Gasteiger partial charge >= 0.3 is 0 Å². The van der Waals surface area contributed by atoms with Crippen LogP contribution in [0.15, 0.2) is 71.3 Å². The van der Waals surface area contributed by atoms with Crippen molar-refractivity contribution in [2.45, 2.75) is 56.7 Å². The molecule has 1 fully saturated rings. The van der Waals surface area contributed by atoms with Crippen LogP contribution in [0.2, 0.25) is 0 Å². The Morgan fingerprint density at radius 1 is 1.29 bits per heavy atom. The maximum absolute atomic E-state index is 14.2. The highest BCUT2D eigenvalue weighted by Crippen LogP contribution is 2.43. The fourth-order valence-corrected chi connectivity index (χ4v) is 6.63. The number of methoxy groups -OCH3 is 1. The van der Waals surface area contributed by atoms with Crippen molar-refractivity contribution in [1.82, 2.24) is 25.5 Å². The maximum atomic E-state index is 14.2. The lowest BCUT2D eigenvalue weighted by atomic mass is 9.81. The maximum Gasteiger partial charge on any atom is 0.271 e. The van der Waals surface area contributed by atoms with Gasteiger partial charge in [-0.25, -0.2) is 9.37 Å². The average Bonchev–Trinajstić information content (AvgIpc) is 3.53. The molecule has 6 rings (SSSR count). The lowest BCUT2D eigenvalue weighted by Gasteiger charge is -2.36. The number of oxazole rings is 1. The minimum Gasteiger partial charge on any atom is -0.436 e. The molecule has 1 amide bonds. The van der Waals surface area contributed by atoms with Gasteiger partial charge in [0, 0.05) is 45.5 Å². The molecule has 10 nitrogen and oxygen atoms in total. The van der Waals surface area contributed by atoms with E-state index in [9.17, 15) is 19.6 Å². The fourth-order valence-electron chi connectivity index (χ4n) is 6.21. The number of pyridine rings is 1. The molecule has 1 aliphatic carbocycles. The Hall–Kier alpha value is -4.44. The van der Waals surface area contributed by atoms with E-state index in [4.69, 9.17) is 25.7 Å². The number of fused-ring (bicyclic) bond motifs is 1. The lowest BCUT2D eigenvalue weighted by Crippen LogP contribution is -2.52. The highest BCUT2D eigenvalue weighted by molar-refractivity contribution is 6.28. The number of hydrogen-bond donors (Lipinski definition) is 3. The normalized spacial score (nSPS) is 20.1. The van der Waals surface area contributed by atoms with Gasteiger partial charge in [-0.1, -0.05) is 36.4 Å². The van der Waals surface area contributed by atoms with Crippen molar-refractivity contribution in [2.75, 3.05) is 26.8 Å². The van der Waals surface area contributed by atoms with Gasteiger partial charge in [0.25, 0.3) is 5.91 Å². The Bertz CT molecular complexity index is 1970. The second-order valence-electron chi connectivity index (χ2n) is 12.6. The largest absolute Gasteiger partial charge is 0.436 e. The molecule has 3 atom stereocenters. The molecule has 2 aliphatic rings. The van der Waals surface area contributed by atoms with Crippen LogP contribution in [0.4, 0.5) is 4.39 Å². The summed E-state index contributed by atoms with van der Waals surface area (Å²) in [6.45, 7) is 5.64. The number of nitrogens with one attached hydrogen (secondary N) is 2. The van der Waals surface area contributed by atoms with E-state index in [2.05, 4.69) is 21.7 Å². The summed E-state index contributed by atoms with van der Waals surface area (Å²) < 4.78 is 25.3. The Labute approximate surface area is 289 Å². The van der Waals surface area contributed by atoms with Gasteiger partial charge in [-0.05, 0) is 71.5 Å². The summed E-state index contributed by atoms with van der Waals surface area (Å²) in [6, 6.07) is 15.1. The van der Waals surface area contributed by atoms with Gasteiger partial charge in [0.15, 0.2) is 11.1 Å². The van der Waals surface area contributed by atoms with E-state index in [1.165, 1.54) is 0 Å². The smallest absolute Gasteiger partial charge is 0.271 e. The fraction of sp³-hybridized carbons (Fsp3) is 0.351. The van der Waals surface area contributed by atoms with Gasteiger partial charge in [-0.2, -0.15) is 5.26 Å². The van der Waals surface area contributed by atoms with Crippen LogP contribution in [0, 0.1) is 18.3 Å². The van der Waals surface area contributed by atoms with Crippen LogP contribution >= 0.6 is 11.6 Å². The molecule has 49 heavy (non-hydrogen) atoms. The van der Waals surface area contributed by atoms with Crippen molar-refractivity contribution >= 4 is 34.2 Å². The first-order chi connectivity index (χ1) is 23.6. The van der Waals surface area contributed by atoms with Crippen LogP contribution in [0.3, 0.4) is 0 Å². The standard InChI is InChI=1S/C37H38ClFN6O4/c1-22-7-4-5-8-29(22)30-9-6-10-37(34(30)38,44-35(47)32-13-26(21-48-3)27(16-42-32)15-41-23(2)20-46)36-43-31-12-24(17-45-18-28(39)19-45)11-25(14-40)33(31)49-36/h4-13,16,23,28,34,41,46H,15,17-21H2,1-3H3,(H,44,47). The minimum atomic E-state index is -1.49. The molecule has 2 aromatic heterocycles. The number of halogens is 2. The predicted molar refractivity (Wildman–Crippen MR) is 184 cm³/mol. The molecule has 3 N–H and O–H groups in total. The van der Waals surface area contributed by atoms with Crippen LogP contribution in [-0.2, 0) is 30.0 Å². The Morgan fingerprint density at radius 2 is 2.08 bits per heavy atom. The zero-order valence-corrected chi connectivity index (χ0v) is 28.3. The number of nitrogens with zero attached hydrogens (tertiary/aromatic N) is 4. The zero-order chi connectivity index (χ0) is 34.7. The first-order valence-electron chi connectivity index (χ1n) is 16.1. The number of amides is 1. The number of carbonyl (C=O) groups is 1. The Kier molecular flexibility index (Phi) is 10.2. The van der Waals surface area contributed by atoms with Crippen LogP contribution in [0.5, 0.6) is 0 Å². The summed E-state index contributed by atoms with van der Waals surface area (Å²) in [5.74, 6) is -0.424. The number of ether oxygens (including phenoxy) is 1. The first-order valence-corrected chi connectivity index (χ1v) is 16.5. The van der Waals surface area contributed by atoms with E-state index >= 15 is 0 Å². The number of allylic oxidation sites excluding steroid dienone is 2. The number of likely N-dealkylation sites (tertiary alicyclic amines) is 1. The number of benzene rings is 2. The van der Waals surface area contributed by atoms with E-state index in [1.807, 2.05) is 61.2 Å². The third-order valence-corrected chi connectivity index (χ3v) is 9.54. The van der Waals surface area contributed by atoms with Crippen molar-refractivity contribution in [2.24, 2.45) is 0 Å². The second kappa shape index (κ2) is 14.6. The molecule has 12 heteroatoms. The molecular formula is C37H38ClFN6O4. The zero-order valence-electron chi connectivity index (χ0n) is 27.5. The first kappa shape index (κ1) is 34.4. The van der Waals surface area contributed by atoms with Crippen LogP contribution < -0.4 is 10.6 Å². The highest BCUT2D eigenvalue weighted by Gasteiger charge is 2.47. The van der Waals surface area contributed by atoms with Crippen molar-refractivity contribution in [3.8, 4) is 6.07 Å². The molecule has 3 unspecified atom stereocenters. The number of aliphatic hydroxyl groups is 1. The van der Waals surface area contributed by atoms with Gasteiger partial charge in [0.1, 0.15) is 23.5 Å². The minimum absolute atomic E-state index is 0.0212. The number of aryl methyl sites for hydroxylation is 1. The van der Waals surface area contributed by atoms with Crippen molar-refractivity contribution in [3.63, 3.8) is 0 Å². The SMILES string of the molecule is COCc1cc(C(=O)NC2(c3nc4cc(CN5CC(F)C5)cc(C#N)c4o3)C=CC=C(c3ccccc3C)C2Cl)ncc1CNC(C)CO. The number of rotatable bonds is 12. The molecule has 0 bridgehead atoms. The van der Waals surface area contributed by atoms with E-state index in [0.29, 0.717) is 31.7 Å². The van der Waals surface area contributed by atoms with Crippen molar-refractivity contribution in [3.05, 3.63) is 112 Å².